The van der Waals surface area contributed by atoms with Crippen LogP contribution in [0.2, 0.25) is 0 Å². The molecule has 1 aromatic heterocycles. The van der Waals surface area contributed by atoms with Crippen molar-refractivity contribution >= 4 is 16.8 Å². The van der Waals surface area contributed by atoms with Crippen LogP contribution in [-0.4, -0.2) is 17.0 Å². The largest absolute Gasteiger partial charge is 0.330 e. The van der Waals surface area contributed by atoms with E-state index in [-0.39, 0.29) is 5.91 Å². The monoisotopic (exact) mass is 202 g/mol. The van der Waals surface area contributed by atoms with E-state index in [4.69, 9.17) is 5.73 Å². The average Bonchev–Trinajstić information content (AvgIpc) is 2.59. The van der Waals surface area contributed by atoms with Gasteiger partial charge >= 0.3 is 0 Å². The van der Waals surface area contributed by atoms with E-state index < -0.39 is 0 Å². The molecule has 2 rings (SSSR count). The Morgan fingerprint density at radius 3 is 2.80 bits per heavy atom. The maximum Gasteiger partial charge on any atom is 0.227 e. The number of para-hydroxylation sites is 1. The molecule has 0 saturated carbocycles. The second-order valence-electron chi connectivity index (χ2n) is 3.60. The van der Waals surface area contributed by atoms with Gasteiger partial charge in [-0.1, -0.05) is 18.2 Å². The van der Waals surface area contributed by atoms with Gasteiger partial charge in [-0.3, -0.25) is 9.36 Å². The topological polar surface area (TPSA) is 48.0 Å². The number of fused-ring (bicyclic) bond motifs is 1. The summed E-state index contributed by atoms with van der Waals surface area (Å²) in [6.07, 6.45) is 2.70. The van der Waals surface area contributed by atoms with E-state index in [1.165, 1.54) is 0 Å². The van der Waals surface area contributed by atoms with E-state index in [0.29, 0.717) is 6.54 Å². The van der Waals surface area contributed by atoms with Gasteiger partial charge in [0.15, 0.2) is 0 Å². The first kappa shape index (κ1) is 9.93. The zero-order valence-electron chi connectivity index (χ0n) is 8.73. The van der Waals surface area contributed by atoms with Gasteiger partial charge in [0, 0.05) is 18.5 Å². The van der Waals surface area contributed by atoms with Crippen molar-refractivity contribution in [3.8, 4) is 0 Å². The molecule has 0 aliphatic carbocycles. The molecular weight excluding hydrogens is 188 g/mol. The van der Waals surface area contributed by atoms with Crippen molar-refractivity contribution in [2.45, 2.75) is 13.3 Å². The zero-order chi connectivity index (χ0) is 10.8. The van der Waals surface area contributed by atoms with Gasteiger partial charge in [-0.05, 0) is 24.6 Å². The normalized spacial score (nSPS) is 10.8. The number of benzene rings is 1. The van der Waals surface area contributed by atoms with Crippen molar-refractivity contribution in [1.29, 1.82) is 0 Å². The Bertz CT molecular complexity index is 499. The highest BCUT2D eigenvalue weighted by Crippen LogP contribution is 2.21. The van der Waals surface area contributed by atoms with E-state index in [2.05, 4.69) is 0 Å². The standard InChI is InChI=1S/C12H14N2O/c1-9(15)14-8-10(6-7-13)11-4-2-3-5-12(11)14/h2-5,8H,6-7,13H2,1H3. The number of hydrogen-bond acceptors (Lipinski definition) is 2. The van der Waals surface area contributed by atoms with Gasteiger partial charge in [-0.25, -0.2) is 0 Å². The zero-order valence-corrected chi connectivity index (χ0v) is 8.73. The van der Waals surface area contributed by atoms with Crippen molar-refractivity contribution < 1.29 is 4.79 Å². The molecule has 0 radical (unpaired) electrons. The minimum Gasteiger partial charge on any atom is -0.330 e. The van der Waals surface area contributed by atoms with E-state index in [1.807, 2.05) is 30.5 Å². The highest BCUT2D eigenvalue weighted by molar-refractivity contribution is 5.93. The third-order valence-electron chi connectivity index (χ3n) is 2.55. The number of carbonyl (C=O) groups excluding carboxylic acids is 1. The fourth-order valence-corrected chi connectivity index (χ4v) is 1.87. The third-order valence-corrected chi connectivity index (χ3v) is 2.55. The molecule has 0 saturated heterocycles. The van der Waals surface area contributed by atoms with E-state index in [1.54, 1.807) is 11.5 Å². The maximum absolute atomic E-state index is 11.4. The first-order valence-electron chi connectivity index (χ1n) is 5.04. The molecule has 0 amide bonds. The number of hydrogen-bond donors (Lipinski definition) is 1. The summed E-state index contributed by atoms with van der Waals surface area (Å²) < 4.78 is 1.68. The smallest absolute Gasteiger partial charge is 0.227 e. The minimum atomic E-state index is 0.0365. The van der Waals surface area contributed by atoms with Crippen molar-refractivity contribution in [2.75, 3.05) is 6.54 Å². The van der Waals surface area contributed by atoms with Crippen LogP contribution in [0.25, 0.3) is 10.9 Å². The highest BCUT2D eigenvalue weighted by Gasteiger charge is 2.09. The van der Waals surface area contributed by atoms with E-state index >= 15 is 0 Å². The predicted octanol–water partition coefficient (Wildman–Crippen LogP) is 1.80. The molecular formula is C12H14N2O. The number of nitrogens with zero attached hydrogens (tertiary/aromatic N) is 1. The molecule has 2 N–H and O–H groups in total. The van der Waals surface area contributed by atoms with Gasteiger partial charge in [0.2, 0.25) is 5.91 Å². The van der Waals surface area contributed by atoms with Crippen LogP contribution in [0.15, 0.2) is 30.5 Å². The summed E-state index contributed by atoms with van der Waals surface area (Å²) in [5.41, 5.74) is 7.65. The molecule has 3 nitrogen and oxygen atoms in total. The quantitative estimate of drug-likeness (QED) is 0.807. The Morgan fingerprint density at radius 2 is 2.13 bits per heavy atom. The average molecular weight is 202 g/mol. The summed E-state index contributed by atoms with van der Waals surface area (Å²) in [5.74, 6) is 0.0365. The Hall–Kier alpha value is -1.61. The lowest BCUT2D eigenvalue weighted by atomic mass is 10.1. The van der Waals surface area contributed by atoms with Crippen LogP contribution in [-0.2, 0) is 6.42 Å². The molecule has 0 fully saturated rings. The van der Waals surface area contributed by atoms with Crippen LogP contribution in [0.4, 0.5) is 0 Å². The summed E-state index contributed by atoms with van der Waals surface area (Å²) in [6.45, 7) is 2.17. The third kappa shape index (κ3) is 1.66. The van der Waals surface area contributed by atoms with Crippen molar-refractivity contribution in [1.82, 2.24) is 4.57 Å². The van der Waals surface area contributed by atoms with Gasteiger partial charge in [0.05, 0.1) is 5.52 Å². The Morgan fingerprint density at radius 1 is 1.40 bits per heavy atom. The summed E-state index contributed by atoms with van der Waals surface area (Å²) >= 11 is 0. The molecule has 0 atom stereocenters. The molecule has 0 spiro atoms. The first-order valence-corrected chi connectivity index (χ1v) is 5.04. The van der Waals surface area contributed by atoms with Crippen molar-refractivity contribution in [3.63, 3.8) is 0 Å². The number of carbonyl (C=O) groups is 1. The predicted molar refractivity (Wildman–Crippen MR) is 61.0 cm³/mol. The van der Waals surface area contributed by atoms with Crippen LogP contribution >= 0.6 is 0 Å². The molecule has 0 aliphatic heterocycles. The molecule has 15 heavy (non-hydrogen) atoms. The van der Waals surface area contributed by atoms with E-state index in [9.17, 15) is 4.79 Å². The Labute approximate surface area is 88.5 Å². The lowest BCUT2D eigenvalue weighted by molar-refractivity contribution is 0.0941. The summed E-state index contributed by atoms with van der Waals surface area (Å²) in [4.78, 5) is 11.4. The van der Waals surface area contributed by atoms with Crippen LogP contribution in [0.1, 0.15) is 17.3 Å². The Balaban J connectivity index is 2.67. The fourth-order valence-electron chi connectivity index (χ4n) is 1.87. The van der Waals surface area contributed by atoms with Crippen molar-refractivity contribution in [3.05, 3.63) is 36.0 Å². The molecule has 1 aromatic carbocycles. The van der Waals surface area contributed by atoms with E-state index in [0.717, 1.165) is 22.9 Å². The van der Waals surface area contributed by atoms with Crippen LogP contribution < -0.4 is 5.73 Å². The summed E-state index contributed by atoms with van der Waals surface area (Å²) in [5, 5.41) is 1.12. The SMILES string of the molecule is CC(=O)n1cc(CCN)c2ccccc21. The van der Waals surface area contributed by atoms with Gasteiger partial charge < -0.3 is 5.73 Å². The van der Waals surface area contributed by atoms with Gasteiger partial charge in [0.1, 0.15) is 0 Å². The fraction of sp³-hybridized carbons (Fsp3) is 0.250. The molecule has 1 heterocycles. The van der Waals surface area contributed by atoms with Gasteiger partial charge in [0.25, 0.3) is 0 Å². The molecule has 78 valence electrons. The second kappa shape index (κ2) is 3.87. The molecule has 2 aromatic rings. The van der Waals surface area contributed by atoms with Gasteiger partial charge in [-0.15, -0.1) is 0 Å². The maximum atomic E-state index is 11.4. The number of aromatic nitrogens is 1. The van der Waals surface area contributed by atoms with Crippen molar-refractivity contribution in [2.24, 2.45) is 5.73 Å². The number of nitrogens with two attached hydrogens (primary N) is 1. The van der Waals surface area contributed by atoms with Crippen LogP contribution in [0.3, 0.4) is 0 Å². The van der Waals surface area contributed by atoms with Gasteiger partial charge in [-0.2, -0.15) is 0 Å². The number of rotatable bonds is 2. The summed E-state index contributed by atoms with van der Waals surface area (Å²) in [7, 11) is 0. The molecule has 0 bridgehead atoms. The molecule has 0 aliphatic rings. The lowest BCUT2D eigenvalue weighted by Gasteiger charge is -1.97. The molecule has 3 heteroatoms. The second-order valence-corrected chi connectivity index (χ2v) is 3.60. The Kier molecular flexibility index (Phi) is 2.56. The van der Waals surface area contributed by atoms with Crippen LogP contribution in [0, 0.1) is 0 Å². The summed E-state index contributed by atoms with van der Waals surface area (Å²) in [6, 6.07) is 7.90. The minimum absolute atomic E-state index is 0.0365. The van der Waals surface area contributed by atoms with Crippen LogP contribution in [0.5, 0.6) is 0 Å². The molecule has 0 unspecified atom stereocenters. The highest BCUT2D eigenvalue weighted by atomic mass is 16.1. The lowest BCUT2D eigenvalue weighted by Crippen LogP contribution is -2.04. The first-order chi connectivity index (χ1) is 7.24.